The van der Waals surface area contributed by atoms with Crippen molar-refractivity contribution in [2.24, 2.45) is 0 Å². The SMILES string of the molecule is O=c1cc(C=Cc2cccc(O)c2)oc2ccccc12. The molecule has 2 aromatic carbocycles. The Morgan fingerprint density at radius 1 is 0.950 bits per heavy atom. The van der Waals surface area contributed by atoms with Crippen molar-refractivity contribution < 1.29 is 9.52 Å². The molecule has 0 saturated heterocycles. The van der Waals surface area contributed by atoms with Gasteiger partial charge in [-0.2, -0.15) is 0 Å². The van der Waals surface area contributed by atoms with Crippen molar-refractivity contribution in [1.82, 2.24) is 0 Å². The van der Waals surface area contributed by atoms with E-state index in [1.165, 1.54) is 6.07 Å². The van der Waals surface area contributed by atoms with Crippen LogP contribution in [0.2, 0.25) is 0 Å². The van der Waals surface area contributed by atoms with Gasteiger partial charge >= 0.3 is 0 Å². The Balaban J connectivity index is 2.01. The minimum Gasteiger partial charge on any atom is -0.508 e. The van der Waals surface area contributed by atoms with Crippen molar-refractivity contribution in [3.05, 3.63) is 76.1 Å². The summed E-state index contributed by atoms with van der Waals surface area (Å²) in [5.41, 5.74) is 1.33. The second-order valence-electron chi connectivity index (χ2n) is 4.44. The van der Waals surface area contributed by atoms with Gasteiger partial charge in [0, 0.05) is 6.07 Å². The van der Waals surface area contributed by atoms with Crippen LogP contribution in [-0.4, -0.2) is 5.11 Å². The first-order valence-corrected chi connectivity index (χ1v) is 6.22. The van der Waals surface area contributed by atoms with Gasteiger partial charge in [0.25, 0.3) is 0 Å². The summed E-state index contributed by atoms with van der Waals surface area (Å²) in [6.07, 6.45) is 3.50. The summed E-state index contributed by atoms with van der Waals surface area (Å²) < 4.78 is 5.65. The monoisotopic (exact) mass is 264 g/mol. The second kappa shape index (κ2) is 5.05. The molecule has 20 heavy (non-hydrogen) atoms. The maximum atomic E-state index is 11.9. The molecule has 0 aliphatic carbocycles. The number of rotatable bonds is 2. The molecule has 1 aromatic heterocycles. The maximum Gasteiger partial charge on any atom is 0.193 e. The lowest BCUT2D eigenvalue weighted by Gasteiger charge is -1.98. The molecule has 0 fully saturated rings. The molecule has 0 atom stereocenters. The zero-order valence-corrected chi connectivity index (χ0v) is 10.6. The molecule has 3 rings (SSSR count). The van der Waals surface area contributed by atoms with E-state index in [1.54, 1.807) is 42.5 Å². The number of aromatic hydroxyl groups is 1. The van der Waals surface area contributed by atoms with Crippen LogP contribution in [0.15, 0.2) is 63.8 Å². The van der Waals surface area contributed by atoms with Gasteiger partial charge in [0.2, 0.25) is 0 Å². The molecule has 98 valence electrons. The zero-order chi connectivity index (χ0) is 13.9. The summed E-state index contributed by atoms with van der Waals surface area (Å²) in [6.45, 7) is 0. The van der Waals surface area contributed by atoms with Crippen LogP contribution in [0.5, 0.6) is 5.75 Å². The quantitative estimate of drug-likeness (QED) is 0.768. The highest BCUT2D eigenvalue weighted by molar-refractivity contribution is 5.78. The van der Waals surface area contributed by atoms with Crippen molar-refractivity contribution in [3.8, 4) is 5.75 Å². The Hall–Kier alpha value is -2.81. The number of benzene rings is 2. The smallest absolute Gasteiger partial charge is 0.193 e. The topological polar surface area (TPSA) is 50.4 Å². The third-order valence-corrected chi connectivity index (χ3v) is 2.96. The molecule has 0 radical (unpaired) electrons. The van der Waals surface area contributed by atoms with E-state index in [0.717, 1.165) is 5.56 Å². The number of hydrogen-bond acceptors (Lipinski definition) is 3. The number of fused-ring (bicyclic) bond motifs is 1. The highest BCUT2D eigenvalue weighted by Crippen LogP contribution is 2.16. The molecule has 3 nitrogen and oxygen atoms in total. The van der Waals surface area contributed by atoms with Crippen molar-refractivity contribution in [2.75, 3.05) is 0 Å². The van der Waals surface area contributed by atoms with Crippen molar-refractivity contribution in [3.63, 3.8) is 0 Å². The molecule has 1 N–H and O–H groups in total. The van der Waals surface area contributed by atoms with Crippen LogP contribution in [0.3, 0.4) is 0 Å². The van der Waals surface area contributed by atoms with Crippen LogP contribution in [0.1, 0.15) is 11.3 Å². The van der Waals surface area contributed by atoms with Gasteiger partial charge in [0.1, 0.15) is 17.1 Å². The Bertz CT molecular complexity index is 844. The lowest BCUT2D eigenvalue weighted by molar-refractivity contribution is 0.475. The van der Waals surface area contributed by atoms with Gasteiger partial charge in [0.05, 0.1) is 5.39 Å². The fourth-order valence-electron chi connectivity index (χ4n) is 2.01. The lowest BCUT2D eigenvalue weighted by atomic mass is 10.2. The third-order valence-electron chi connectivity index (χ3n) is 2.96. The predicted molar refractivity (Wildman–Crippen MR) is 79.5 cm³/mol. The van der Waals surface area contributed by atoms with Gasteiger partial charge in [-0.1, -0.05) is 30.3 Å². The van der Waals surface area contributed by atoms with Crippen LogP contribution in [0.25, 0.3) is 23.1 Å². The highest BCUT2D eigenvalue weighted by atomic mass is 16.3. The Kier molecular flexibility index (Phi) is 3.09. The summed E-state index contributed by atoms with van der Waals surface area (Å²) in [5.74, 6) is 0.684. The molecule has 0 amide bonds. The van der Waals surface area contributed by atoms with Crippen LogP contribution < -0.4 is 5.43 Å². The fraction of sp³-hybridized carbons (Fsp3) is 0. The maximum absolute atomic E-state index is 11.9. The molecule has 0 aliphatic rings. The van der Waals surface area contributed by atoms with Gasteiger partial charge in [0.15, 0.2) is 5.43 Å². The van der Waals surface area contributed by atoms with E-state index in [4.69, 9.17) is 4.42 Å². The molecule has 0 unspecified atom stereocenters. The third kappa shape index (κ3) is 2.47. The minimum absolute atomic E-state index is 0.0672. The van der Waals surface area contributed by atoms with Gasteiger partial charge in [-0.25, -0.2) is 0 Å². The minimum atomic E-state index is -0.0672. The standard InChI is InChI=1S/C17H12O3/c18-13-5-3-4-12(10-13)8-9-14-11-16(19)15-6-1-2-7-17(15)20-14/h1-11,18H. The molecule has 0 aliphatic heterocycles. The zero-order valence-electron chi connectivity index (χ0n) is 10.6. The average Bonchev–Trinajstić information content (AvgIpc) is 2.45. The fourth-order valence-corrected chi connectivity index (χ4v) is 2.01. The molecule has 0 spiro atoms. The summed E-state index contributed by atoms with van der Waals surface area (Å²) in [5, 5.41) is 9.96. The molecular formula is C17H12O3. The normalized spacial score (nSPS) is 11.2. The molecule has 0 saturated carbocycles. The van der Waals surface area contributed by atoms with Gasteiger partial charge < -0.3 is 9.52 Å². The van der Waals surface area contributed by atoms with E-state index in [9.17, 15) is 9.90 Å². The van der Waals surface area contributed by atoms with Gasteiger partial charge in [-0.3, -0.25) is 4.79 Å². The summed E-state index contributed by atoms with van der Waals surface area (Å²) in [4.78, 5) is 11.9. The van der Waals surface area contributed by atoms with E-state index in [2.05, 4.69) is 0 Å². The van der Waals surface area contributed by atoms with Gasteiger partial charge in [-0.05, 0) is 35.9 Å². The largest absolute Gasteiger partial charge is 0.508 e. The van der Waals surface area contributed by atoms with Gasteiger partial charge in [-0.15, -0.1) is 0 Å². The number of phenolic OH excluding ortho intramolecular Hbond substituents is 1. The summed E-state index contributed by atoms with van der Waals surface area (Å²) >= 11 is 0. The van der Waals surface area contributed by atoms with Crippen LogP contribution >= 0.6 is 0 Å². The molecular weight excluding hydrogens is 252 g/mol. The Labute approximate surface area is 115 Å². The number of para-hydroxylation sites is 1. The Morgan fingerprint density at radius 3 is 2.65 bits per heavy atom. The van der Waals surface area contributed by atoms with Crippen LogP contribution in [0.4, 0.5) is 0 Å². The van der Waals surface area contributed by atoms with Crippen molar-refractivity contribution >= 4 is 23.1 Å². The van der Waals surface area contributed by atoms with Crippen molar-refractivity contribution in [1.29, 1.82) is 0 Å². The summed E-state index contributed by atoms with van der Waals surface area (Å²) in [6, 6.07) is 15.5. The molecule has 0 bridgehead atoms. The molecule has 3 heteroatoms. The lowest BCUT2D eigenvalue weighted by Crippen LogP contribution is -1.99. The highest BCUT2D eigenvalue weighted by Gasteiger charge is 2.01. The van der Waals surface area contributed by atoms with E-state index in [1.807, 2.05) is 18.2 Å². The molecule has 1 heterocycles. The first-order chi connectivity index (χ1) is 9.72. The first-order valence-electron chi connectivity index (χ1n) is 6.22. The molecule has 3 aromatic rings. The van der Waals surface area contributed by atoms with E-state index < -0.39 is 0 Å². The number of phenols is 1. The van der Waals surface area contributed by atoms with Crippen LogP contribution in [0, 0.1) is 0 Å². The first kappa shape index (κ1) is 12.2. The Morgan fingerprint density at radius 2 is 1.80 bits per heavy atom. The second-order valence-corrected chi connectivity index (χ2v) is 4.44. The van der Waals surface area contributed by atoms with E-state index >= 15 is 0 Å². The van der Waals surface area contributed by atoms with E-state index in [-0.39, 0.29) is 11.2 Å². The summed E-state index contributed by atoms with van der Waals surface area (Å²) in [7, 11) is 0. The van der Waals surface area contributed by atoms with Crippen LogP contribution in [-0.2, 0) is 0 Å². The van der Waals surface area contributed by atoms with Crippen molar-refractivity contribution in [2.45, 2.75) is 0 Å². The number of hydrogen-bond donors (Lipinski definition) is 1. The predicted octanol–water partition coefficient (Wildman–Crippen LogP) is 3.67. The van der Waals surface area contributed by atoms with E-state index in [0.29, 0.717) is 16.7 Å². The average molecular weight is 264 g/mol.